The Morgan fingerprint density at radius 3 is 2.06 bits per heavy atom. The lowest BCUT2D eigenvalue weighted by Crippen LogP contribution is -1.94. The van der Waals surface area contributed by atoms with Crippen molar-refractivity contribution in [3.8, 4) is 11.8 Å². The summed E-state index contributed by atoms with van der Waals surface area (Å²) in [7, 11) is 0. The van der Waals surface area contributed by atoms with Gasteiger partial charge in [0.05, 0.1) is 5.56 Å². The Labute approximate surface area is 215 Å². The standard InChI is InChI=1S/C35H35F/c1-3-5-7-9-28-12-14-29(15-13-28)18-19-31-21-25-34-33(26-31)24-23-32(35(34)36)22-20-30-16-10-27(11-17-30)8-6-4-2/h3,5,10-17,21,23-26H,4,6-9,18-19H2,1-2H3/b5-3+. The van der Waals surface area contributed by atoms with Gasteiger partial charge in [0.15, 0.2) is 0 Å². The third-order valence-electron chi connectivity index (χ3n) is 6.69. The number of allylic oxidation sites excluding steroid dienone is 2. The van der Waals surface area contributed by atoms with Gasteiger partial charge in [-0.2, -0.15) is 0 Å². The van der Waals surface area contributed by atoms with Crippen LogP contribution in [0, 0.1) is 17.7 Å². The van der Waals surface area contributed by atoms with Crippen LogP contribution in [0.5, 0.6) is 0 Å². The maximum absolute atomic E-state index is 15.2. The van der Waals surface area contributed by atoms with Crippen LogP contribution in [0.15, 0.2) is 91.0 Å². The molecule has 0 spiro atoms. The first kappa shape index (κ1) is 25.5. The highest BCUT2D eigenvalue weighted by atomic mass is 19.1. The second-order valence-corrected chi connectivity index (χ2v) is 9.46. The number of unbranched alkanes of at least 4 members (excludes halogenated alkanes) is 1. The monoisotopic (exact) mass is 474 g/mol. The van der Waals surface area contributed by atoms with E-state index in [0.29, 0.717) is 10.9 Å². The lowest BCUT2D eigenvalue weighted by molar-refractivity contribution is 0.636. The second-order valence-electron chi connectivity index (χ2n) is 9.46. The highest BCUT2D eigenvalue weighted by Crippen LogP contribution is 2.23. The zero-order chi connectivity index (χ0) is 25.2. The topological polar surface area (TPSA) is 0 Å². The van der Waals surface area contributed by atoms with Gasteiger partial charge in [-0.15, -0.1) is 0 Å². The number of rotatable bonds is 9. The maximum Gasteiger partial charge on any atom is 0.146 e. The summed E-state index contributed by atoms with van der Waals surface area (Å²) >= 11 is 0. The van der Waals surface area contributed by atoms with Crippen LogP contribution >= 0.6 is 0 Å². The molecule has 36 heavy (non-hydrogen) atoms. The first-order valence-corrected chi connectivity index (χ1v) is 13.2. The first-order chi connectivity index (χ1) is 17.7. The molecule has 1 heteroatoms. The fraction of sp³-hybridized carbons (Fsp3) is 0.257. The van der Waals surface area contributed by atoms with Gasteiger partial charge in [0.1, 0.15) is 5.82 Å². The van der Waals surface area contributed by atoms with E-state index in [2.05, 4.69) is 80.3 Å². The van der Waals surface area contributed by atoms with E-state index in [1.165, 1.54) is 35.1 Å². The molecule has 0 aromatic heterocycles. The molecule has 0 radical (unpaired) electrons. The van der Waals surface area contributed by atoms with Crippen molar-refractivity contribution in [2.24, 2.45) is 0 Å². The minimum absolute atomic E-state index is 0.236. The van der Waals surface area contributed by atoms with E-state index < -0.39 is 0 Å². The maximum atomic E-state index is 15.2. The molecule has 4 aromatic rings. The number of benzene rings is 4. The van der Waals surface area contributed by atoms with Crippen molar-refractivity contribution >= 4 is 10.8 Å². The van der Waals surface area contributed by atoms with Crippen molar-refractivity contribution in [1.29, 1.82) is 0 Å². The van der Waals surface area contributed by atoms with E-state index in [9.17, 15) is 0 Å². The Morgan fingerprint density at radius 1 is 0.694 bits per heavy atom. The third-order valence-corrected chi connectivity index (χ3v) is 6.69. The molecule has 0 fully saturated rings. The lowest BCUT2D eigenvalue weighted by atomic mass is 9.98. The molecule has 0 aliphatic heterocycles. The number of hydrogen-bond acceptors (Lipinski definition) is 0. The molecule has 0 unspecified atom stereocenters. The SMILES string of the molecule is C/C=C/CCc1ccc(CCc2ccc3c(F)c(C#Cc4ccc(CCCC)cc4)ccc3c2)cc1. The molecule has 0 heterocycles. The van der Waals surface area contributed by atoms with Crippen LogP contribution in [-0.2, 0) is 25.7 Å². The zero-order valence-electron chi connectivity index (χ0n) is 21.5. The summed E-state index contributed by atoms with van der Waals surface area (Å²) in [5.41, 5.74) is 6.62. The highest BCUT2D eigenvalue weighted by molar-refractivity contribution is 5.85. The predicted molar refractivity (Wildman–Crippen MR) is 152 cm³/mol. The molecule has 0 N–H and O–H groups in total. The van der Waals surface area contributed by atoms with Crippen molar-refractivity contribution < 1.29 is 4.39 Å². The van der Waals surface area contributed by atoms with Crippen molar-refractivity contribution in [2.75, 3.05) is 0 Å². The predicted octanol–water partition coefficient (Wildman–Crippen LogP) is 9.02. The van der Waals surface area contributed by atoms with Gasteiger partial charge in [0, 0.05) is 10.9 Å². The van der Waals surface area contributed by atoms with Crippen LogP contribution in [0.4, 0.5) is 4.39 Å². The van der Waals surface area contributed by atoms with Crippen LogP contribution < -0.4 is 0 Å². The minimum Gasteiger partial charge on any atom is -0.205 e. The van der Waals surface area contributed by atoms with E-state index in [-0.39, 0.29) is 5.82 Å². The molecule has 0 saturated heterocycles. The molecular formula is C35H35F. The number of hydrogen-bond donors (Lipinski definition) is 0. The molecule has 0 aliphatic carbocycles. The normalized spacial score (nSPS) is 11.1. The summed E-state index contributed by atoms with van der Waals surface area (Å²) in [4.78, 5) is 0. The summed E-state index contributed by atoms with van der Waals surface area (Å²) < 4.78 is 15.2. The first-order valence-electron chi connectivity index (χ1n) is 13.2. The van der Waals surface area contributed by atoms with E-state index in [4.69, 9.17) is 0 Å². The van der Waals surface area contributed by atoms with Crippen LogP contribution in [0.2, 0.25) is 0 Å². The van der Waals surface area contributed by atoms with E-state index in [1.807, 2.05) is 30.3 Å². The van der Waals surface area contributed by atoms with E-state index in [1.54, 1.807) is 6.07 Å². The van der Waals surface area contributed by atoms with E-state index in [0.717, 1.165) is 43.1 Å². The van der Waals surface area contributed by atoms with Crippen molar-refractivity contribution in [1.82, 2.24) is 0 Å². The largest absolute Gasteiger partial charge is 0.205 e. The summed E-state index contributed by atoms with van der Waals surface area (Å²) in [6.45, 7) is 4.26. The molecule has 0 bridgehead atoms. The molecule has 4 rings (SSSR count). The Kier molecular flexibility index (Phi) is 9.12. The molecule has 0 atom stereocenters. The van der Waals surface area contributed by atoms with Gasteiger partial charge in [0.2, 0.25) is 0 Å². The van der Waals surface area contributed by atoms with Crippen molar-refractivity contribution in [3.05, 3.63) is 130 Å². The van der Waals surface area contributed by atoms with Gasteiger partial charge >= 0.3 is 0 Å². The molecular weight excluding hydrogens is 439 g/mol. The van der Waals surface area contributed by atoms with Crippen LogP contribution in [0.3, 0.4) is 0 Å². The van der Waals surface area contributed by atoms with Crippen molar-refractivity contribution in [2.45, 2.75) is 58.8 Å². The minimum atomic E-state index is -0.236. The number of halogens is 1. The summed E-state index contributed by atoms with van der Waals surface area (Å²) in [5, 5.41) is 1.56. The van der Waals surface area contributed by atoms with E-state index >= 15 is 4.39 Å². The molecule has 0 saturated carbocycles. The summed E-state index contributed by atoms with van der Waals surface area (Å²) in [6.07, 6.45) is 11.9. The fourth-order valence-corrected chi connectivity index (χ4v) is 4.45. The Morgan fingerprint density at radius 2 is 1.33 bits per heavy atom. The molecule has 0 nitrogen and oxygen atoms in total. The highest BCUT2D eigenvalue weighted by Gasteiger charge is 2.07. The van der Waals surface area contributed by atoms with Crippen LogP contribution in [-0.4, -0.2) is 0 Å². The second kappa shape index (κ2) is 12.9. The summed E-state index contributed by atoms with van der Waals surface area (Å²) in [5.74, 6) is 5.92. The Hall–Kier alpha value is -3.63. The van der Waals surface area contributed by atoms with Crippen molar-refractivity contribution in [3.63, 3.8) is 0 Å². The quantitative estimate of drug-likeness (QED) is 0.168. The Bertz CT molecular complexity index is 1360. The van der Waals surface area contributed by atoms with Gasteiger partial charge in [-0.05, 0) is 91.3 Å². The zero-order valence-corrected chi connectivity index (χ0v) is 21.5. The van der Waals surface area contributed by atoms with Gasteiger partial charge < -0.3 is 0 Å². The van der Waals surface area contributed by atoms with Gasteiger partial charge in [-0.3, -0.25) is 0 Å². The smallest absolute Gasteiger partial charge is 0.146 e. The average molecular weight is 475 g/mol. The van der Waals surface area contributed by atoms with Gasteiger partial charge in [-0.25, -0.2) is 4.39 Å². The third kappa shape index (κ3) is 6.96. The van der Waals surface area contributed by atoms with Crippen LogP contribution in [0.25, 0.3) is 10.8 Å². The summed E-state index contributed by atoms with van der Waals surface area (Å²) in [6, 6.07) is 27.1. The van der Waals surface area contributed by atoms with Gasteiger partial charge in [0.25, 0.3) is 0 Å². The molecule has 182 valence electrons. The fourth-order valence-electron chi connectivity index (χ4n) is 4.45. The van der Waals surface area contributed by atoms with Crippen LogP contribution in [0.1, 0.15) is 66.5 Å². The number of fused-ring (bicyclic) bond motifs is 1. The number of aryl methyl sites for hydroxylation is 4. The average Bonchev–Trinajstić information content (AvgIpc) is 2.92. The molecule has 0 aliphatic rings. The molecule has 0 amide bonds. The Balaban J connectivity index is 1.41. The lowest BCUT2D eigenvalue weighted by Gasteiger charge is -2.07. The van der Waals surface area contributed by atoms with Gasteiger partial charge in [-0.1, -0.05) is 98.0 Å². The molecule has 4 aromatic carbocycles.